The third-order valence-corrected chi connectivity index (χ3v) is 9.98. The van der Waals surface area contributed by atoms with E-state index in [0.717, 1.165) is 32.7 Å². The Morgan fingerprint density at radius 2 is 0.826 bits per heavy atom. The van der Waals surface area contributed by atoms with Crippen LogP contribution in [-0.4, -0.2) is 14.2 Å². The molecule has 0 unspecified atom stereocenters. The maximum atomic E-state index is 6.61. The van der Waals surface area contributed by atoms with Crippen molar-refractivity contribution < 1.29 is 36.6 Å². The summed E-state index contributed by atoms with van der Waals surface area (Å²) in [6.07, 6.45) is 0. The zero-order chi connectivity index (χ0) is 31.4. The summed E-state index contributed by atoms with van der Waals surface area (Å²) in [4.78, 5) is 0. The highest BCUT2D eigenvalue weighted by Crippen LogP contribution is 2.57. The molecule has 6 aromatic rings. The SMILES string of the molecule is COc1cc(C)c(OP2Oc3cccc4cccc(c34)O2)c(-c2cc(OC)cc(C)c2OP2Oc3cccc4cccc(c34)O2)c1. The smallest absolute Gasteiger partial charge is 0.497 e. The Hall–Kier alpha value is -4.90. The van der Waals surface area contributed by atoms with Crippen molar-refractivity contribution in [3.63, 3.8) is 0 Å². The first-order valence-electron chi connectivity index (χ1n) is 14.6. The van der Waals surface area contributed by atoms with Gasteiger partial charge in [0.05, 0.1) is 25.0 Å². The first kappa shape index (κ1) is 28.6. The summed E-state index contributed by atoms with van der Waals surface area (Å²) in [5.41, 5.74) is 3.05. The third-order valence-electron chi connectivity index (χ3n) is 7.94. The van der Waals surface area contributed by atoms with E-state index in [2.05, 4.69) is 0 Å². The average Bonchev–Trinajstić information content (AvgIpc) is 3.07. The minimum Gasteiger partial charge on any atom is -0.497 e. The molecule has 0 saturated carbocycles. The molecular weight excluding hydrogens is 622 g/mol. The topological polar surface area (TPSA) is 73.8 Å². The van der Waals surface area contributed by atoms with Crippen LogP contribution in [-0.2, 0) is 0 Å². The van der Waals surface area contributed by atoms with Crippen molar-refractivity contribution in [2.45, 2.75) is 13.8 Å². The Balaban J connectivity index is 1.20. The van der Waals surface area contributed by atoms with Crippen molar-refractivity contribution >= 4 is 38.7 Å². The molecule has 0 atom stereocenters. The molecule has 0 aliphatic carbocycles. The van der Waals surface area contributed by atoms with Crippen LogP contribution in [0.1, 0.15) is 11.1 Å². The Bertz CT molecular complexity index is 1920. The van der Waals surface area contributed by atoms with Gasteiger partial charge >= 0.3 is 17.2 Å². The van der Waals surface area contributed by atoms with E-state index in [4.69, 9.17) is 36.6 Å². The van der Waals surface area contributed by atoms with Gasteiger partial charge in [-0.2, -0.15) is 0 Å². The van der Waals surface area contributed by atoms with Crippen LogP contribution in [0.2, 0.25) is 0 Å². The van der Waals surface area contributed by atoms with Crippen molar-refractivity contribution in [3.05, 3.63) is 108 Å². The molecule has 0 aromatic heterocycles. The summed E-state index contributed by atoms with van der Waals surface area (Å²) in [7, 11) is -0.432. The van der Waals surface area contributed by atoms with Crippen LogP contribution < -0.4 is 36.6 Å². The molecular formula is C36H28O8P2. The molecule has 8 rings (SSSR count). The third kappa shape index (κ3) is 4.95. The van der Waals surface area contributed by atoms with Gasteiger partial charge in [-0.15, -0.1) is 0 Å². The van der Waals surface area contributed by atoms with Crippen LogP contribution in [0.4, 0.5) is 0 Å². The molecule has 46 heavy (non-hydrogen) atoms. The lowest BCUT2D eigenvalue weighted by molar-refractivity contribution is 0.376. The minimum absolute atomic E-state index is 0.560. The van der Waals surface area contributed by atoms with E-state index >= 15 is 0 Å². The van der Waals surface area contributed by atoms with E-state index in [-0.39, 0.29) is 0 Å². The molecule has 8 nitrogen and oxygen atoms in total. The van der Waals surface area contributed by atoms with E-state index in [1.807, 2.05) is 111 Å². The molecule has 0 radical (unpaired) electrons. The predicted octanol–water partition coefficient (Wildman–Crippen LogP) is 10.4. The quantitative estimate of drug-likeness (QED) is 0.158. The maximum Gasteiger partial charge on any atom is 0.530 e. The Morgan fingerprint density at radius 1 is 0.478 bits per heavy atom. The van der Waals surface area contributed by atoms with Crippen molar-refractivity contribution in [2.75, 3.05) is 14.2 Å². The summed E-state index contributed by atoms with van der Waals surface area (Å²) in [5.74, 6) is 5.27. The second kappa shape index (κ2) is 11.5. The van der Waals surface area contributed by atoms with Gasteiger partial charge in [-0.1, -0.05) is 48.5 Å². The van der Waals surface area contributed by atoms with Gasteiger partial charge in [-0.25, -0.2) is 0 Å². The standard InChI is InChI=1S/C36H28O8P2/c1-21-17-25(37-3)19-27(35(21)43-45-39-29-13-5-9-23-10-6-14-30(40-45)33(23)29)28-20-26(38-4)18-22(2)36(28)44-46-41-31-15-7-11-24-12-8-16-32(42-46)34(24)31/h5-20H,1-4H3. The van der Waals surface area contributed by atoms with Gasteiger partial charge in [0.2, 0.25) is 0 Å². The van der Waals surface area contributed by atoms with Gasteiger partial charge in [-0.3, -0.25) is 0 Å². The number of rotatable bonds is 7. The van der Waals surface area contributed by atoms with Gasteiger partial charge in [-0.05, 0) is 84.3 Å². The molecule has 0 N–H and O–H groups in total. The number of ether oxygens (including phenoxy) is 2. The second-order valence-corrected chi connectivity index (χ2v) is 12.8. The number of hydrogen-bond acceptors (Lipinski definition) is 8. The molecule has 0 spiro atoms. The second-order valence-electron chi connectivity index (χ2n) is 10.9. The van der Waals surface area contributed by atoms with Crippen LogP contribution in [0.15, 0.2) is 97.1 Å². The largest absolute Gasteiger partial charge is 0.530 e. The minimum atomic E-state index is -1.85. The van der Waals surface area contributed by atoms with Crippen LogP contribution in [0.5, 0.6) is 46.0 Å². The molecule has 2 aliphatic rings. The predicted molar refractivity (Wildman–Crippen MR) is 180 cm³/mol. The summed E-state index contributed by atoms with van der Waals surface area (Å²) < 4.78 is 49.8. The van der Waals surface area contributed by atoms with Gasteiger partial charge in [0.25, 0.3) is 0 Å². The van der Waals surface area contributed by atoms with Crippen LogP contribution in [0.3, 0.4) is 0 Å². The Kier molecular flexibility index (Phi) is 7.12. The molecule has 2 aliphatic heterocycles. The fourth-order valence-electron chi connectivity index (χ4n) is 5.79. The highest BCUT2D eigenvalue weighted by atomic mass is 31.2. The number of benzene rings is 6. The maximum absolute atomic E-state index is 6.61. The number of hydrogen-bond donors (Lipinski definition) is 0. The Labute approximate surface area is 268 Å². The van der Waals surface area contributed by atoms with E-state index in [1.54, 1.807) is 14.2 Å². The lowest BCUT2D eigenvalue weighted by atomic mass is 9.98. The van der Waals surface area contributed by atoms with Crippen molar-refractivity contribution in [2.24, 2.45) is 0 Å². The first-order chi connectivity index (χ1) is 22.5. The highest BCUT2D eigenvalue weighted by molar-refractivity contribution is 7.43. The first-order valence-corrected chi connectivity index (χ1v) is 16.8. The van der Waals surface area contributed by atoms with Gasteiger partial charge in [0, 0.05) is 11.1 Å². The van der Waals surface area contributed by atoms with Crippen LogP contribution in [0, 0.1) is 13.8 Å². The van der Waals surface area contributed by atoms with E-state index in [1.165, 1.54) is 0 Å². The molecule has 0 fully saturated rings. The van der Waals surface area contributed by atoms with Gasteiger partial charge in [0.15, 0.2) is 0 Å². The summed E-state index contributed by atoms with van der Waals surface area (Å²) in [5, 5.41) is 3.91. The monoisotopic (exact) mass is 650 g/mol. The van der Waals surface area contributed by atoms with E-state index in [0.29, 0.717) is 57.1 Å². The normalized spacial score (nSPS) is 13.7. The highest BCUT2D eigenvalue weighted by Gasteiger charge is 2.33. The van der Waals surface area contributed by atoms with Gasteiger partial charge in [0.1, 0.15) is 46.0 Å². The molecule has 0 saturated heterocycles. The van der Waals surface area contributed by atoms with Crippen LogP contribution in [0.25, 0.3) is 32.7 Å². The molecule has 2 heterocycles. The molecule has 0 bridgehead atoms. The lowest BCUT2D eigenvalue weighted by Crippen LogP contribution is -2.09. The summed E-state index contributed by atoms with van der Waals surface area (Å²) >= 11 is 0. The number of aryl methyl sites for hydroxylation is 2. The van der Waals surface area contributed by atoms with Crippen molar-refractivity contribution in [1.82, 2.24) is 0 Å². The molecule has 6 aromatic carbocycles. The summed E-state index contributed by atoms with van der Waals surface area (Å²) in [6, 6.07) is 31.3. The fourth-order valence-corrected chi connectivity index (χ4v) is 8.05. The van der Waals surface area contributed by atoms with E-state index in [9.17, 15) is 0 Å². The van der Waals surface area contributed by atoms with Crippen LogP contribution >= 0.6 is 17.2 Å². The number of methoxy groups -OCH3 is 2. The van der Waals surface area contributed by atoms with Crippen molar-refractivity contribution in [1.29, 1.82) is 0 Å². The molecule has 10 heteroatoms. The Morgan fingerprint density at radius 3 is 1.15 bits per heavy atom. The molecule has 230 valence electrons. The fraction of sp³-hybridized carbons (Fsp3) is 0.111. The zero-order valence-electron chi connectivity index (χ0n) is 25.4. The average molecular weight is 651 g/mol. The zero-order valence-corrected chi connectivity index (χ0v) is 27.2. The van der Waals surface area contributed by atoms with Gasteiger partial charge < -0.3 is 36.6 Å². The lowest BCUT2D eigenvalue weighted by Gasteiger charge is -2.27. The van der Waals surface area contributed by atoms with E-state index < -0.39 is 17.2 Å². The summed E-state index contributed by atoms with van der Waals surface area (Å²) in [6.45, 7) is 3.91. The van der Waals surface area contributed by atoms with Crippen molar-refractivity contribution in [3.8, 4) is 57.1 Å². The molecule has 0 amide bonds.